The summed E-state index contributed by atoms with van der Waals surface area (Å²) in [5.74, 6) is -0.0479. The van der Waals surface area contributed by atoms with Crippen LogP contribution in [0.5, 0.6) is 5.75 Å². The fourth-order valence-corrected chi connectivity index (χ4v) is 5.70. The Kier molecular flexibility index (Phi) is 10.6. The van der Waals surface area contributed by atoms with Gasteiger partial charge in [0.25, 0.3) is 11.8 Å². The third-order valence-electron chi connectivity index (χ3n) is 8.10. The summed E-state index contributed by atoms with van der Waals surface area (Å²) in [6, 6.07) is 17.7. The summed E-state index contributed by atoms with van der Waals surface area (Å²) in [5.41, 5.74) is 1.65. The number of aliphatic hydroxyl groups is 1. The Morgan fingerprint density at radius 3 is 2.51 bits per heavy atom. The predicted octanol–water partition coefficient (Wildman–Crippen LogP) is 5.48. The maximum atomic E-state index is 13.7. The Bertz CT molecular complexity index is 1680. The normalized spacial score (nSPS) is 16.1. The summed E-state index contributed by atoms with van der Waals surface area (Å²) < 4.78 is 50.4. The van der Waals surface area contributed by atoms with Crippen molar-refractivity contribution in [1.29, 1.82) is 0 Å². The molecule has 3 unspecified atom stereocenters. The van der Waals surface area contributed by atoms with Crippen molar-refractivity contribution in [3.8, 4) is 5.75 Å². The predicted molar refractivity (Wildman–Crippen MR) is 168 cm³/mol. The van der Waals surface area contributed by atoms with Crippen LogP contribution in [0.1, 0.15) is 67.9 Å². The van der Waals surface area contributed by atoms with Crippen LogP contribution in [0.15, 0.2) is 83.5 Å². The van der Waals surface area contributed by atoms with Crippen LogP contribution in [0, 0.1) is 6.92 Å². The number of likely N-dealkylation sites (tertiary alicyclic amines) is 1. The van der Waals surface area contributed by atoms with E-state index in [9.17, 15) is 27.9 Å². The molecule has 0 bridgehead atoms. The second-order valence-electron chi connectivity index (χ2n) is 11.6. The minimum Gasteiger partial charge on any atom is -0.497 e. The first kappa shape index (κ1) is 33.7. The number of halogens is 3. The molecular weight excluding hydrogens is 613 g/mol. The molecule has 4 aromatic rings. The monoisotopic (exact) mass is 650 g/mol. The van der Waals surface area contributed by atoms with Gasteiger partial charge < -0.3 is 29.8 Å². The summed E-state index contributed by atoms with van der Waals surface area (Å²) in [4.78, 5) is 33.5. The van der Waals surface area contributed by atoms with Crippen LogP contribution in [0.4, 0.5) is 13.2 Å². The lowest BCUT2D eigenvalue weighted by Crippen LogP contribution is -2.48. The van der Waals surface area contributed by atoms with Crippen molar-refractivity contribution in [2.45, 2.75) is 57.1 Å². The Morgan fingerprint density at radius 1 is 1.06 bits per heavy atom. The first-order chi connectivity index (χ1) is 22.5. The minimum absolute atomic E-state index is 0.00743. The van der Waals surface area contributed by atoms with Crippen LogP contribution in [0.2, 0.25) is 0 Å². The van der Waals surface area contributed by atoms with E-state index in [2.05, 4.69) is 15.6 Å². The van der Waals surface area contributed by atoms with E-state index < -0.39 is 29.8 Å². The largest absolute Gasteiger partial charge is 0.497 e. The van der Waals surface area contributed by atoms with Gasteiger partial charge in [0.05, 0.1) is 30.5 Å². The Hall–Kier alpha value is -4.68. The van der Waals surface area contributed by atoms with E-state index in [-0.39, 0.29) is 42.6 Å². The van der Waals surface area contributed by atoms with Crippen LogP contribution >= 0.6 is 0 Å². The van der Waals surface area contributed by atoms with Crippen molar-refractivity contribution >= 4 is 11.8 Å². The molecule has 1 aliphatic heterocycles. The van der Waals surface area contributed by atoms with Gasteiger partial charge in [-0.15, -0.1) is 0 Å². The quantitative estimate of drug-likeness (QED) is 0.186. The number of carbonyl (C=O) groups is 2. The van der Waals surface area contributed by atoms with Crippen molar-refractivity contribution in [2.24, 2.45) is 0 Å². The Balaban J connectivity index is 1.31. The van der Waals surface area contributed by atoms with E-state index in [4.69, 9.17) is 9.15 Å². The average molecular weight is 651 g/mol. The molecule has 3 atom stereocenters. The Labute approximate surface area is 270 Å². The average Bonchev–Trinajstić information content (AvgIpc) is 3.73. The number of aryl methyl sites for hydroxylation is 1. The SMILES string of the molecule is COc1cc(C(=O)NC(Cc2ccccc2)C(O)CNCc2cccc(C(F)(F)F)c2)cc(C(=O)N2CCCC2c2nc(C)co2)c1. The number of aromatic nitrogens is 1. The standard InChI is InChI=1S/C35H37F3N4O5/c1-22-21-47-33(40-22)30-12-7-13-42(30)34(45)26-16-25(17-28(18-26)46-2)32(44)41-29(15-23-8-4-3-5-9-23)31(43)20-39-19-24-10-6-11-27(14-24)35(36,37)38/h3-6,8-11,14,16-18,21,29-31,39,43H,7,12-13,15,19-20H2,1-2H3,(H,41,44). The van der Waals surface area contributed by atoms with Gasteiger partial charge in [-0.2, -0.15) is 13.2 Å². The molecule has 47 heavy (non-hydrogen) atoms. The van der Waals surface area contributed by atoms with Crippen LogP contribution in [0.25, 0.3) is 0 Å². The molecule has 0 aliphatic carbocycles. The summed E-state index contributed by atoms with van der Waals surface area (Å²) >= 11 is 0. The van der Waals surface area contributed by atoms with Gasteiger partial charge in [0.2, 0.25) is 5.89 Å². The van der Waals surface area contributed by atoms with Crippen molar-refractivity contribution in [1.82, 2.24) is 20.5 Å². The number of benzene rings is 3. The molecule has 9 nitrogen and oxygen atoms in total. The molecule has 1 aromatic heterocycles. The number of alkyl halides is 3. The van der Waals surface area contributed by atoms with Gasteiger partial charge in [-0.1, -0.05) is 48.5 Å². The Morgan fingerprint density at radius 2 is 1.81 bits per heavy atom. The first-order valence-corrected chi connectivity index (χ1v) is 15.3. The second kappa shape index (κ2) is 14.8. The number of rotatable bonds is 12. The molecule has 3 N–H and O–H groups in total. The lowest BCUT2D eigenvalue weighted by molar-refractivity contribution is -0.137. The van der Waals surface area contributed by atoms with E-state index in [0.29, 0.717) is 30.2 Å². The molecule has 5 rings (SSSR count). The fourth-order valence-electron chi connectivity index (χ4n) is 5.70. The summed E-state index contributed by atoms with van der Waals surface area (Å²) in [6.45, 7) is 2.39. The number of hydrogen-bond donors (Lipinski definition) is 3. The van der Waals surface area contributed by atoms with E-state index in [1.807, 2.05) is 37.3 Å². The number of aliphatic hydroxyl groups excluding tert-OH is 1. The van der Waals surface area contributed by atoms with Crippen molar-refractivity contribution in [3.63, 3.8) is 0 Å². The lowest BCUT2D eigenvalue weighted by Gasteiger charge is -2.25. The molecule has 1 aliphatic rings. The first-order valence-electron chi connectivity index (χ1n) is 15.3. The van der Waals surface area contributed by atoms with E-state index in [0.717, 1.165) is 29.8 Å². The van der Waals surface area contributed by atoms with Gasteiger partial charge in [0.1, 0.15) is 18.1 Å². The summed E-state index contributed by atoms with van der Waals surface area (Å²) in [6.07, 6.45) is -2.27. The molecule has 1 saturated heterocycles. The zero-order valence-corrected chi connectivity index (χ0v) is 26.1. The maximum Gasteiger partial charge on any atom is 0.416 e. The zero-order chi connectivity index (χ0) is 33.6. The van der Waals surface area contributed by atoms with Gasteiger partial charge in [0.15, 0.2) is 0 Å². The van der Waals surface area contributed by atoms with E-state index >= 15 is 0 Å². The highest BCUT2D eigenvalue weighted by Gasteiger charge is 2.34. The van der Waals surface area contributed by atoms with Crippen molar-refractivity contribution in [3.05, 3.63) is 118 Å². The summed E-state index contributed by atoms with van der Waals surface area (Å²) in [5, 5.41) is 17.1. The highest BCUT2D eigenvalue weighted by atomic mass is 19.4. The lowest BCUT2D eigenvalue weighted by atomic mass is 10.00. The molecule has 0 radical (unpaired) electrons. The number of amides is 2. The topological polar surface area (TPSA) is 117 Å². The molecule has 2 heterocycles. The molecule has 2 amide bonds. The third kappa shape index (κ3) is 8.57. The van der Waals surface area contributed by atoms with Gasteiger partial charge in [0, 0.05) is 30.8 Å². The second-order valence-corrected chi connectivity index (χ2v) is 11.6. The number of methoxy groups -OCH3 is 1. The number of oxazole rings is 1. The zero-order valence-electron chi connectivity index (χ0n) is 26.1. The molecule has 0 spiro atoms. The molecule has 0 saturated carbocycles. The van der Waals surface area contributed by atoms with E-state index in [1.165, 1.54) is 25.3 Å². The van der Waals surface area contributed by atoms with Crippen LogP contribution in [0.3, 0.4) is 0 Å². The minimum atomic E-state index is -4.46. The van der Waals surface area contributed by atoms with Crippen LogP contribution in [-0.2, 0) is 19.1 Å². The van der Waals surface area contributed by atoms with Gasteiger partial charge in [-0.25, -0.2) is 4.98 Å². The molecule has 1 fully saturated rings. The van der Waals surface area contributed by atoms with Gasteiger partial charge in [-0.05, 0) is 61.6 Å². The highest BCUT2D eigenvalue weighted by molar-refractivity contribution is 6.00. The van der Waals surface area contributed by atoms with Gasteiger partial charge >= 0.3 is 6.18 Å². The van der Waals surface area contributed by atoms with E-state index in [1.54, 1.807) is 23.3 Å². The van der Waals surface area contributed by atoms with Crippen molar-refractivity contribution in [2.75, 3.05) is 20.2 Å². The van der Waals surface area contributed by atoms with Crippen LogP contribution < -0.4 is 15.4 Å². The van der Waals surface area contributed by atoms with Gasteiger partial charge in [-0.3, -0.25) is 9.59 Å². The fraction of sp³-hybridized carbons (Fsp3) is 0.343. The maximum absolute atomic E-state index is 13.7. The highest BCUT2D eigenvalue weighted by Crippen LogP contribution is 2.33. The molecule has 12 heteroatoms. The smallest absolute Gasteiger partial charge is 0.416 e. The number of nitrogens with zero attached hydrogens (tertiary/aromatic N) is 2. The number of carbonyl (C=O) groups excluding carboxylic acids is 2. The number of hydrogen-bond acceptors (Lipinski definition) is 7. The summed E-state index contributed by atoms with van der Waals surface area (Å²) in [7, 11) is 1.44. The van der Waals surface area contributed by atoms with Crippen molar-refractivity contribution < 1.29 is 37.0 Å². The molecule has 3 aromatic carbocycles. The van der Waals surface area contributed by atoms with Crippen LogP contribution in [-0.4, -0.2) is 59.1 Å². The third-order valence-corrected chi connectivity index (χ3v) is 8.10. The molecular formula is C35H37F3N4O5. The number of nitrogens with one attached hydrogen (secondary N) is 2. The number of ether oxygens (including phenoxy) is 1. The molecule has 248 valence electrons.